The van der Waals surface area contributed by atoms with E-state index in [2.05, 4.69) is 36.2 Å². The zero-order chi connectivity index (χ0) is 19.3. The Labute approximate surface area is 154 Å². The minimum atomic E-state index is -0.116. The van der Waals surface area contributed by atoms with Gasteiger partial charge in [-0.25, -0.2) is 4.57 Å². The Morgan fingerprint density at radius 3 is 2.62 bits per heavy atom. The summed E-state index contributed by atoms with van der Waals surface area (Å²) in [5.74, 6) is 0.682. The van der Waals surface area contributed by atoms with Crippen LogP contribution in [0.4, 0.5) is 11.5 Å². The molecule has 6 nitrogen and oxygen atoms in total. The topological polar surface area (TPSA) is 78.5 Å². The molecule has 0 fully saturated rings. The number of phenols is 1. The van der Waals surface area contributed by atoms with Gasteiger partial charge in [-0.3, -0.25) is 0 Å². The van der Waals surface area contributed by atoms with E-state index in [0.29, 0.717) is 0 Å². The number of anilines is 1. The minimum absolute atomic E-state index is 0.0432. The van der Waals surface area contributed by atoms with Crippen LogP contribution in [0, 0.1) is 4.91 Å². The Morgan fingerprint density at radius 1 is 1.35 bits per heavy atom. The van der Waals surface area contributed by atoms with Crippen LogP contribution in [0.2, 0.25) is 0 Å². The van der Waals surface area contributed by atoms with Gasteiger partial charge in [-0.2, -0.15) is 0 Å². The molecule has 26 heavy (non-hydrogen) atoms. The minimum Gasteiger partial charge on any atom is -0.506 e. The highest BCUT2D eigenvalue weighted by atomic mass is 16.3. The molecule has 1 aromatic heterocycles. The first-order valence-electron chi connectivity index (χ1n) is 8.90. The lowest BCUT2D eigenvalue weighted by Crippen LogP contribution is -2.36. The SMILES string of the molecule is CCCc1c(C(=C(C)CC)c2ccc(N=O)c(O)c2)c(NC)nc[n+]1C. The number of hydrogen-bond donors (Lipinski definition) is 2. The van der Waals surface area contributed by atoms with Crippen LogP contribution in [0.1, 0.15) is 50.4 Å². The maximum Gasteiger partial charge on any atom is 0.288 e. The Balaban J connectivity index is 2.84. The molecule has 2 aromatic rings. The van der Waals surface area contributed by atoms with Crippen LogP contribution >= 0.6 is 0 Å². The predicted octanol–water partition coefficient (Wildman–Crippen LogP) is 4.24. The van der Waals surface area contributed by atoms with Crippen molar-refractivity contribution in [2.24, 2.45) is 12.2 Å². The van der Waals surface area contributed by atoms with Crippen LogP contribution in [0.5, 0.6) is 5.75 Å². The van der Waals surface area contributed by atoms with Crippen molar-refractivity contribution in [3.63, 3.8) is 0 Å². The van der Waals surface area contributed by atoms with Gasteiger partial charge in [-0.05, 0) is 53.2 Å². The highest BCUT2D eigenvalue weighted by Gasteiger charge is 2.24. The van der Waals surface area contributed by atoms with E-state index in [1.54, 1.807) is 12.1 Å². The monoisotopic (exact) mass is 355 g/mol. The summed E-state index contributed by atoms with van der Waals surface area (Å²) in [6.07, 6.45) is 4.59. The first-order chi connectivity index (χ1) is 12.5. The van der Waals surface area contributed by atoms with Crippen molar-refractivity contribution in [2.75, 3.05) is 12.4 Å². The molecule has 6 heteroatoms. The van der Waals surface area contributed by atoms with Gasteiger partial charge in [0.1, 0.15) is 17.1 Å². The number of aryl methyl sites for hydroxylation is 1. The van der Waals surface area contributed by atoms with Gasteiger partial charge in [-0.1, -0.05) is 25.5 Å². The number of nitroso groups, excluding NO2 is 1. The molecule has 0 spiro atoms. The van der Waals surface area contributed by atoms with E-state index in [-0.39, 0.29) is 11.4 Å². The van der Waals surface area contributed by atoms with Crippen molar-refractivity contribution in [3.8, 4) is 5.75 Å². The summed E-state index contributed by atoms with van der Waals surface area (Å²) in [5.41, 5.74) is 5.30. The molecular formula is C20H27N4O2+. The zero-order valence-electron chi connectivity index (χ0n) is 16.1. The third-order valence-electron chi connectivity index (χ3n) is 4.60. The summed E-state index contributed by atoms with van der Waals surface area (Å²) in [5, 5.41) is 16.2. The van der Waals surface area contributed by atoms with Gasteiger partial charge in [0.05, 0.1) is 12.6 Å². The van der Waals surface area contributed by atoms with Gasteiger partial charge in [-0.15, -0.1) is 4.91 Å². The van der Waals surface area contributed by atoms with Crippen molar-refractivity contribution in [1.29, 1.82) is 0 Å². The molecule has 2 rings (SSSR count). The summed E-state index contributed by atoms with van der Waals surface area (Å²) in [4.78, 5) is 15.4. The summed E-state index contributed by atoms with van der Waals surface area (Å²) >= 11 is 0. The third-order valence-corrected chi connectivity index (χ3v) is 4.60. The second-order valence-electron chi connectivity index (χ2n) is 6.33. The van der Waals surface area contributed by atoms with Crippen LogP contribution < -0.4 is 9.88 Å². The number of nitrogens with one attached hydrogen (secondary N) is 1. The molecule has 0 amide bonds. The molecule has 0 aliphatic heterocycles. The molecule has 1 heterocycles. The fourth-order valence-electron chi connectivity index (χ4n) is 3.12. The second-order valence-corrected chi connectivity index (χ2v) is 6.33. The fourth-order valence-corrected chi connectivity index (χ4v) is 3.12. The van der Waals surface area contributed by atoms with E-state index >= 15 is 0 Å². The molecule has 0 bridgehead atoms. The van der Waals surface area contributed by atoms with Crippen molar-refractivity contribution >= 4 is 17.1 Å². The lowest BCUT2D eigenvalue weighted by atomic mass is 9.90. The highest BCUT2D eigenvalue weighted by molar-refractivity contribution is 5.88. The maximum absolute atomic E-state index is 10.8. The number of aromatic nitrogens is 2. The maximum atomic E-state index is 10.8. The van der Waals surface area contributed by atoms with Gasteiger partial charge in [0.25, 0.3) is 12.1 Å². The van der Waals surface area contributed by atoms with E-state index in [1.165, 1.54) is 11.3 Å². The lowest BCUT2D eigenvalue weighted by Gasteiger charge is -2.17. The van der Waals surface area contributed by atoms with Crippen molar-refractivity contribution in [2.45, 2.75) is 40.0 Å². The third kappa shape index (κ3) is 3.74. The molecule has 0 saturated carbocycles. The number of allylic oxidation sites excluding steroid dienone is 1. The van der Waals surface area contributed by atoms with Crippen molar-refractivity contribution in [1.82, 2.24) is 4.98 Å². The molecule has 138 valence electrons. The summed E-state index contributed by atoms with van der Waals surface area (Å²) in [7, 11) is 3.86. The van der Waals surface area contributed by atoms with E-state index < -0.39 is 0 Å². The van der Waals surface area contributed by atoms with Gasteiger partial charge in [0.2, 0.25) is 0 Å². The number of rotatable bonds is 7. The first kappa shape index (κ1) is 19.6. The van der Waals surface area contributed by atoms with Crippen LogP contribution in [0.25, 0.3) is 5.57 Å². The normalized spacial score (nSPS) is 11.9. The van der Waals surface area contributed by atoms with Gasteiger partial charge in [0.15, 0.2) is 0 Å². The second kappa shape index (κ2) is 8.56. The Hall–Kier alpha value is -2.76. The smallest absolute Gasteiger partial charge is 0.288 e. The van der Waals surface area contributed by atoms with Crippen molar-refractivity contribution < 1.29 is 9.67 Å². The van der Waals surface area contributed by atoms with E-state index in [9.17, 15) is 10.0 Å². The van der Waals surface area contributed by atoms with E-state index in [4.69, 9.17) is 0 Å². The molecular weight excluding hydrogens is 328 g/mol. The van der Waals surface area contributed by atoms with E-state index in [1.807, 2.05) is 31.1 Å². The molecule has 2 N–H and O–H groups in total. The van der Waals surface area contributed by atoms with Gasteiger partial charge < -0.3 is 10.4 Å². The standard InChI is InChI=1S/C20H26N4O2/c1-6-8-16-19(20(21-4)22-12-24(16)5)18(13(3)7-2)14-9-10-15(23-26)17(25)11-14/h9-12H,6-8H2,1-5H3,(H,25,26)/p+1. The molecule has 1 aromatic carbocycles. The fraction of sp³-hybridized carbons (Fsp3) is 0.400. The summed E-state index contributed by atoms with van der Waals surface area (Å²) < 4.78 is 2.05. The van der Waals surface area contributed by atoms with Crippen LogP contribution in [0.15, 0.2) is 35.3 Å². The van der Waals surface area contributed by atoms with E-state index in [0.717, 1.165) is 41.8 Å². The molecule has 0 aliphatic rings. The average molecular weight is 355 g/mol. The predicted molar refractivity (Wildman–Crippen MR) is 105 cm³/mol. The van der Waals surface area contributed by atoms with Crippen LogP contribution in [-0.2, 0) is 13.5 Å². The lowest BCUT2D eigenvalue weighted by molar-refractivity contribution is -0.682. The van der Waals surface area contributed by atoms with Crippen LogP contribution in [-0.4, -0.2) is 17.1 Å². The molecule has 0 unspecified atom stereocenters. The molecule has 0 saturated heterocycles. The van der Waals surface area contributed by atoms with Crippen molar-refractivity contribution in [3.05, 3.63) is 51.8 Å². The van der Waals surface area contributed by atoms with Gasteiger partial charge >= 0.3 is 0 Å². The molecule has 0 atom stereocenters. The molecule has 0 aliphatic carbocycles. The Bertz CT molecular complexity index is 844. The average Bonchev–Trinajstić information content (AvgIpc) is 2.64. The number of hydrogen-bond acceptors (Lipinski definition) is 5. The Kier molecular flexibility index (Phi) is 6.44. The highest BCUT2D eigenvalue weighted by Crippen LogP contribution is 2.37. The van der Waals surface area contributed by atoms with Gasteiger partial charge in [0, 0.05) is 13.5 Å². The molecule has 0 radical (unpaired) electrons. The number of nitrogens with zero attached hydrogens (tertiary/aromatic N) is 3. The largest absolute Gasteiger partial charge is 0.506 e. The first-order valence-corrected chi connectivity index (χ1v) is 8.90. The number of phenolic OH excluding ortho intramolecular Hbond substituents is 1. The summed E-state index contributed by atoms with van der Waals surface area (Å²) in [6.45, 7) is 6.33. The number of benzene rings is 1. The Morgan fingerprint density at radius 2 is 2.08 bits per heavy atom. The van der Waals surface area contributed by atoms with Crippen LogP contribution in [0.3, 0.4) is 0 Å². The summed E-state index contributed by atoms with van der Waals surface area (Å²) in [6, 6.07) is 4.98. The zero-order valence-corrected chi connectivity index (χ0v) is 16.1. The quantitative estimate of drug-likeness (QED) is 0.575. The number of aromatic hydroxyl groups is 1.